The minimum absolute atomic E-state index is 0.0457. The van der Waals surface area contributed by atoms with E-state index in [2.05, 4.69) is 15.4 Å². The summed E-state index contributed by atoms with van der Waals surface area (Å²) in [6.07, 6.45) is 0.978. The van der Waals surface area contributed by atoms with Gasteiger partial charge in [-0.3, -0.25) is 0 Å². The Morgan fingerprint density at radius 2 is 1.45 bits per heavy atom. The number of benzene rings is 1. The molecule has 8 nitrogen and oxygen atoms in total. The summed E-state index contributed by atoms with van der Waals surface area (Å²) in [5.41, 5.74) is -2.63. The Hall–Kier alpha value is -3.03. The number of carbonyl (C=O) groups is 2. The van der Waals surface area contributed by atoms with Crippen LogP contribution in [0.1, 0.15) is 38.7 Å². The zero-order valence-corrected chi connectivity index (χ0v) is 21.6. The van der Waals surface area contributed by atoms with Crippen LogP contribution < -0.4 is 10.6 Å². The second kappa shape index (κ2) is 14.8. The van der Waals surface area contributed by atoms with E-state index in [1.165, 1.54) is 13.8 Å². The Labute approximate surface area is 217 Å². The van der Waals surface area contributed by atoms with E-state index in [0.717, 1.165) is 20.1 Å². The highest BCUT2D eigenvalue weighted by atomic mass is 19.2. The van der Waals surface area contributed by atoms with Crippen LogP contribution >= 0.6 is 0 Å². The van der Waals surface area contributed by atoms with Crippen molar-refractivity contribution in [2.75, 3.05) is 53.2 Å². The quantitative estimate of drug-likeness (QED) is 0.120. The summed E-state index contributed by atoms with van der Waals surface area (Å²) in [5, 5.41) is 5.91. The summed E-state index contributed by atoms with van der Waals surface area (Å²) in [5.74, 6) is -15.6. The summed E-state index contributed by atoms with van der Waals surface area (Å²) in [4.78, 5) is 25.6. The van der Waals surface area contributed by atoms with Crippen molar-refractivity contribution in [1.82, 2.24) is 10.6 Å². The number of esters is 2. The monoisotopic (exact) mass is 550 g/mol. The van der Waals surface area contributed by atoms with E-state index >= 15 is 0 Å². The Bertz CT molecular complexity index is 1060. The summed E-state index contributed by atoms with van der Waals surface area (Å²) >= 11 is 0. The Balaban J connectivity index is 2.50. The van der Waals surface area contributed by atoms with Crippen LogP contribution in [0.25, 0.3) is 0 Å². The summed E-state index contributed by atoms with van der Waals surface area (Å²) in [6, 6.07) is 0. The number of hydrogen-bond donors (Lipinski definition) is 2. The van der Waals surface area contributed by atoms with Crippen molar-refractivity contribution in [3.8, 4) is 0 Å². The zero-order valence-electron chi connectivity index (χ0n) is 21.6. The Kier molecular flexibility index (Phi) is 12.1. The summed E-state index contributed by atoms with van der Waals surface area (Å²) in [6.45, 7) is 6.39. The van der Waals surface area contributed by atoms with Gasteiger partial charge in [0.2, 0.25) is 5.82 Å². The lowest BCUT2D eigenvalue weighted by Gasteiger charge is -2.31. The second-order valence-electron chi connectivity index (χ2n) is 8.10. The molecule has 0 saturated carbocycles. The van der Waals surface area contributed by atoms with Crippen LogP contribution in [0.2, 0.25) is 0 Å². The van der Waals surface area contributed by atoms with Gasteiger partial charge < -0.3 is 29.6 Å². The highest BCUT2D eigenvalue weighted by Crippen LogP contribution is 2.42. The van der Waals surface area contributed by atoms with Gasteiger partial charge >= 0.3 is 11.9 Å². The molecule has 1 aromatic rings. The van der Waals surface area contributed by atoms with E-state index in [1.807, 2.05) is 6.92 Å². The lowest BCUT2D eigenvalue weighted by atomic mass is 9.79. The molecule has 13 heteroatoms. The van der Waals surface area contributed by atoms with Crippen molar-refractivity contribution in [3.05, 3.63) is 57.2 Å². The lowest BCUT2D eigenvalue weighted by molar-refractivity contribution is -0.139. The third kappa shape index (κ3) is 7.08. The standard InChI is InChI=1S/C25H31F5N2O6/c1-5-7-31-8-9-36-10-11-37-12-14-16(25(34)38-6-2)17(15(13(3)32-14)24(33)35-4)18-19(26)21(28)23(30)22(29)20(18)27/h17,31-32H,5-12H2,1-4H3. The fourth-order valence-corrected chi connectivity index (χ4v) is 3.84. The van der Waals surface area contributed by atoms with Gasteiger partial charge in [0.25, 0.3) is 0 Å². The maximum atomic E-state index is 15.0. The number of carbonyl (C=O) groups excluding carboxylic acids is 2. The molecule has 0 aromatic heterocycles. The van der Waals surface area contributed by atoms with Crippen LogP contribution in [0.5, 0.6) is 0 Å². The summed E-state index contributed by atoms with van der Waals surface area (Å²) in [7, 11) is 0.961. The van der Waals surface area contributed by atoms with Crippen LogP contribution in [0, 0.1) is 29.1 Å². The van der Waals surface area contributed by atoms with Gasteiger partial charge in [0.1, 0.15) is 0 Å². The summed E-state index contributed by atoms with van der Waals surface area (Å²) < 4.78 is 92.7. The average Bonchev–Trinajstić information content (AvgIpc) is 2.89. The van der Waals surface area contributed by atoms with Gasteiger partial charge in [0.05, 0.1) is 62.9 Å². The van der Waals surface area contributed by atoms with Gasteiger partial charge in [-0.15, -0.1) is 0 Å². The van der Waals surface area contributed by atoms with Crippen molar-refractivity contribution in [1.29, 1.82) is 0 Å². The van der Waals surface area contributed by atoms with E-state index in [9.17, 15) is 31.5 Å². The van der Waals surface area contributed by atoms with E-state index < -0.39 is 63.7 Å². The predicted octanol–water partition coefficient (Wildman–Crippen LogP) is 3.37. The van der Waals surface area contributed by atoms with E-state index in [0.29, 0.717) is 13.2 Å². The molecule has 0 bridgehead atoms. The first-order chi connectivity index (χ1) is 18.1. The molecule has 1 aliphatic rings. The molecule has 0 amide bonds. The molecule has 0 spiro atoms. The van der Waals surface area contributed by atoms with Gasteiger partial charge in [-0.05, 0) is 26.8 Å². The maximum absolute atomic E-state index is 15.0. The molecule has 0 radical (unpaired) electrons. The van der Waals surface area contributed by atoms with Crippen molar-refractivity contribution in [2.24, 2.45) is 0 Å². The molecule has 0 fully saturated rings. The van der Waals surface area contributed by atoms with Gasteiger partial charge in [-0.2, -0.15) is 0 Å². The third-order valence-electron chi connectivity index (χ3n) is 5.55. The van der Waals surface area contributed by atoms with Gasteiger partial charge in [-0.25, -0.2) is 31.5 Å². The molecule has 1 heterocycles. The maximum Gasteiger partial charge on any atom is 0.336 e. The Morgan fingerprint density at radius 3 is 2.03 bits per heavy atom. The number of methoxy groups -OCH3 is 1. The predicted molar refractivity (Wildman–Crippen MR) is 125 cm³/mol. The first kappa shape index (κ1) is 31.2. The van der Waals surface area contributed by atoms with Crippen molar-refractivity contribution >= 4 is 11.9 Å². The minimum Gasteiger partial charge on any atom is -0.466 e. The molecule has 2 N–H and O–H groups in total. The molecule has 1 unspecified atom stereocenters. The molecule has 0 aliphatic carbocycles. The average molecular weight is 551 g/mol. The number of nitrogens with one attached hydrogen (secondary N) is 2. The van der Waals surface area contributed by atoms with Crippen LogP contribution in [-0.2, 0) is 28.5 Å². The zero-order chi connectivity index (χ0) is 28.4. The number of dihydropyridines is 1. The first-order valence-electron chi connectivity index (χ1n) is 12.0. The van der Waals surface area contributed by atoms with Crippen LogP contribution in [0.3, 0.4) is 0 Å². The van der Waals surface area contributed by atoms with Gasteiger partial charge in [-0.1, -0.05) is 6.92 Å². The fraction of sp³-hybridized carbons (Fsp3) is 0.520. The molecule has 212 valence electrons. The molecule has 1 atom stereocenters. The van der Waals surface area contributed by atoms with Crippen molar-refractivity contribution in [2.45, 2.75) is 33.1 Å². The van der Waals surface area contributed by atoms with Gasteiger partial charge in [0, 0.05) is 17.8 Å². The molecular weight excluding hydrogens is 519 g/mol. The van der Waals surface area contributed by atoms with E-state index in [1.54, 1.807) is 0 Å². The molecule has 1 aromatic carbocycles. The van der Waals surface area contributed by atoms with Crippen molar-refractivity contribution < 1.29 is 50.5 Å². The highest BCUT2D eigenvalue weighted by molar-refractivity contribution is 6.00. The van der Waals surface area contributed by atoms with Crippen LogP contribution in [-0.4, -0.2) is 65.2 Å². The highest BCUT2D eigenvalue weighted by Gasteiger charge is 2.43. The van der Waals surface area contributed by atoms with Gasteiger partial charge in [0.15, 0.2) is 23.3 Å². The Morgan fingerprint density at radius 1 is 0.842 bits per heavy atom. The molecule has 1 aliphatic heterocycles. The number of rotatable bonds is 14. The molecule has 38 heavy (non-hydrogen) atoms. The topological polar surface area (TPSA) is 95.1 Å². The first-order valence-corrected chi connectivity index (χ1v) is 12.0. The van der Waals surface area contributed by atoms with Crippen molar-refractivity contribution in [3.63, 3.8) is 0 Å². The molecule has 0 saturated heterocycles. The smallest absolute Gasteiger partial charge is 0.336 e. The number of halogens is 5. The van der Waals surface area contributed by atoms with Crippen LogP contribution in [0.15, 0.2) is 22.5 Å². The number of allylic oxidation sites excluding steroid dienone is 1. The SMILES string of the molecule is CCCNCCOCCOCC1=C(C(=O)OCC)C(c2c(F)c(F)c(F)c(F)c2F)C(C(=O)OC)=C(C)N1. The molecule has 2 rings (SSSR count). The molecular formula is C25H31F5N2O6. The lowest BCUT2D eigenvalue weighted by Crippen LogP contribution is -2.36. The number of hydrogen-bond acceptors (Lipinski definition) is 8. The fourth-order valence-electron chi connectivity index (χ4n) is 3.84. The third-order valence-corrected chi connectivity index (χ3v) is 5.55. The normalized spacial score (nSPS) is 15.6. The number of ether oxygens (including phenoxy) is 4. The van der Waals surface area contributed by atoms with E-state index in [4.69, 9.17) is 14.2 Å². The van der Waals surface area contributed by atoms with E-state index in [-0.39, 0.29) is 37.8 Å². The second-order valence-corrected chi connectivity index (χ2v) is 8.10. The largest absolute Gasteiger partial charge is 0.466 e. The minimum atomic E-state index is -2.38. The van der Waals surface area contributed by atoms with Crippen LogP contribution in [0.4, 0.5) is 22.0 Å².